The molecular formula is C14H24N4O2. The van der Waals surface area contributed by atoms with Crippen LogP contribution in [0.4, 0.5) is 0 Å². The summed E-state index contributed by atoms with van der Waals surface area (Å²) in [5.41, 5.74) is 1.87. The van der Waals surface area contributed by atoms with Gasteiger partial charge in [-0.05, 0) is 33.4 Å². The fourth-order valence-electron chi connectivity index (χ4n) is 2.42. The van der Waals surface area contributed by atoms with Gasteiger partial charge < -0.3 is 14.7 Å². The lowest BCUT2D eigenvalue weighted by Crippen LogP contribution is -2.39. The van der Waals surface area contributed by atoms with Crippen LogP contribution in [0.15, 0.2) is 4.52 Å². The van der Waals surface area contributed by atoms with Gasteiger partial charge in [-0.2, -0.15) is 0 Å². The third kappa shape index (κ3) is 3.80. The predicted molar refractivity (Wildman–Crippen MR) is 76.4 cm³/mol. The molecule has 1 amide bonds. The molecule has 1 aliphatic rings. The zero-order chi connectivity index (χ0) is 14.5. The molecule has 0 radical (unpaired) electrons. The molecule has 1 aliphatic heterocycles. The van der Waals surface area contributed by atoms with Gasteiger partial charge in [0.15, 0.2) is 0 Å². The average molecular weight is 280 g/mol. The molecule has 2 heterocycles. The van der Waals surface area contributed by atoms with E-state index in [9.17, 15) is 4.79 Å². The van der Waals surface area contributed by atoms with E-state index in [1.54, 1.807) is 4.90 Å². The molecule has 20 heavy (non-hydrogen) atoms. The van der Waals surface area contributed by atoms with Gasteiger partial charge in [0.05, 0.1) is 18.8 Å². The first-order chi connectivity index (χ1) is 9.58. The van der Waals surface area contributed by atoms with E-state index < -0.39 is 0 Å². The molecule has 1 fully saturated rings. The maximum absolute atomic E-state index is 12.3. The number of hydrogen-bond acceptors (Lipinski definition) is 5. The summed E-state index contributed by atoms with van der Waals surface area (Å²) in [6.07, 6.45) is 1.10. The maximum Gasteiger partial charge on any atom is 0.236 e. The van der Waals surface area contributed by atoms with Gasteiger partial charge in [0.1, 0.15) is 5.76 Å². The van der Waals surface area contributed by atoms with Crippen LogP contribution in [0.25, 0.3) is 0 Å². The van der Waals surface area contributed by atoms with E-state index in [2.05, 4.69) is 15.4 Å². The number of likely N-dealkylation sites (N-methyl/N-ethyl adjacent to an activating group) is 1. The van der Waals surface area contributed by atoms with Gasteiger partial charge in [-0.15, -0.1) is 0 Å². The number of rotatable bonds is 4. The minimum Gasteiger partial charge on any atom is -0.361 e. The van der Waals surface area contributed by atoms with Crippen molar-refractivity contribution in [2.24, 2.45) is 0 Å². The largest absolute Gasteiger partial charge is 0.361 e. The summed E-state index contributed by atoms with van der Waals surface area (Å²) in [5, 5.41) is 7.27. The summed E-state index contributed by atoms with van der Waals surface area (Å²) < 4.78 is 5.14. The smallest absolute Gasteiger partial charge is 0.236 e. The molecule has 1 aromatic heterocycles. The number of nitrogens with zero attached hydrogens (tertiary/aromatic N) is 3. The Hall–Kier alpha value is -1.40. The van der Waals surface area contributed by atoms with Crippen molar-refractivity contribution in [3.63, 3.8) is 0 Å². The highest BCUT2D eigenvalue weighted by Crippen LogP contribution is 2.14. The number of aryl methyl sites for hydroxylation is 2. The second-order valence-electron chi connectivity index (χ2n) is 5.43. The Labute approximate surface area is 120 Å². The molecule has 0 unspecified atom stereocenters. The Morgan fingerprint density at radius 2 is 2.20 bits per heavy atom. The van der Waals surface area contributed by atoms with Crippen molar-refractivity contribution < 1.29 is 9.32 Å². The van der Waals surface area contributed by atoms with Crippen LogP contribution >= 0.6 is 0 Å². The van der Waals surface area contributed by atoms with Gasteiger partial charge in [0.25, 0.3) is 0 Å². The Balaban J connectivity index is 1.88. The highest BCUT2D eigenvalue weighted by molar-refractivity contribution is 5.78. The minimum atomic E-state index is 0.145. The highest BCUT2D eigenvalue weighted by atomic mass is 16.5. The van der Waals surface area contributed by atoms with Crippen molar-refractivity contribution in [2.75, 3.05) is 39.8 Å². The van der Waals surface area contributed by atoms with Crippen LogP contribution in [-0.4, -0.2) is 60.6 Å². The van der Waals surface area contributed by atoms with Crippen molar-refractivity contribution in [2.45, 2.75) is 26.8 Å². The molecule has 0 saturated carbocycles. The first-order valence-electron chi connectivity index (χ1n) is 7.16. The van der Waals surface area contributed by atoms with Gasteiger partial charge in [-0.3, -0.25) is 9.69 Å². The lowest BCUT2D eigenvalue weighted by Gasteiger charge is -2.23. The van der Waals surface area contributed by atoms with E-state index in [0.29, 0.717) is 13.1 Å². The van der Waals surface area contributed by atoms with Gasteiger partial charge in [-0.1, -0.05) is 5.16 Å². The molecule has 6 nitrogen and oxygen atoms in total. The molecule has 1 saturated heterocycles. The summed E-state index contributed by atoms with van der Waals surface area (Å²) in [4.78, 5) is 16.3. The third-order valence-corrected chi connectivity index (χ3v) is 3.79. The lowest BCUT2D eigenvalue weighted by molar-refractivity contribution is -0.131. The van der Waals surface area contributed by atoms with E-state index in [1.807, 2.05) is 20.9 Å². The van der Waals surface area contributed by atoms with Crippen LogP contribution in [-0.2, 0) is 11.3 Å². The molecule has 1 N–H and O–H groups in total. The first-order valence-corrected chi connectivity index (χ1v) is 7.16. The van der Waals surface area contributed by atoms with Crippen LogP contribution in [0.5, 0.6) is 0 Å². The molecule has 6 heteroatoms. The summed E-state index contributed by atoms with van der Waals surface area (Å²) in [7, 11) is 1.84. The summed E-state index contributed by atoms with van der Waals surface area (Å²) in [6, 6.07) is 0. The number of carbonyl (C=O) groups excluding carboxylic acids is 1. The third-order valence-electron chi connectivity index (χ3n) is 3.79. The first kappa shape index (κ1) is 15.0. The molecule has 112 valence electrons. The van der Waals surface area contributed by atoms with Crippen LogP contribution in [0, 0.1) is 13.8 Å². The molecular weight excluding hydrogens is 256 g/mol. The zero-order valence-electron chi connectivity index (χ0n) is 12.6. The molecule has 0 aromatic carbocycles. The molecule has 0 atom stereocenters. The van der Waals surface area contributed by atoms with Gasteiger partial charge in [-0.25, -0.2) is 0 Å². The standard InChI is InChI=1S/C14H24N4O2/c1-11-13(12(2)20-16-11)9-17(3)14(19)10-18-7-4-5-15-6-8-18/h15H,4-10H2,1-3H3. The number of nitrogens with one attached hydrogen (secondary N) is 1. The van der Waals surface area contributed by atoms with E-state index in [4.69, 9.17) is 4.52 Å². The van der Waals surface area contributed by atoms with Crippen molar-refractivity contribution in [1.29, 1.82) is 0 Å². The maximum atomic E-state index is 12.3. The summed E-state index contributed by atoms with van der Waals surface area (Å²) in [5.74, 6) is 0.938. The molecule has 0 aliphatic carbocycles. The van der Waals surface area contributed by atoms with Gasteiger partial charge >= 0.3 is 0 Å². The molecule has 0 bridgehead atoms. The normalized spacial score (nSPS) is 16.9. The van der Waals surface area contributed by atoms with Crippen LogP contribution in [0.3, 0.4) is 0 Å². The topological polar surface area (TPSA) is 61.6 Å². The quantitative estimate of drug-likeness (QED) is 0.872. The number of hydrogen-bond donors (Lipinski definition) is 1. The fourth-order valence-corrected chi connectivity index (χ4v) is 2.42. The van der Waals surface area contributed by atoms with E-state index in [-0.39, 0.29) is 5.91 Å². The van der Waals surface area contributed by atoms with Crippen LogP contribution in [0.2, 0.25) is 0 Å². The highest BCUT2D eigenvalue weighted by Gasteiger charge is 2.18. The Morgan fingerprint density at radius 1 is 1.40 bits per heavy atom. The second-order valence-corrected chi connectivity index (χ2v) is 5.43. The monoisotopic (exact) mass is 280 g/mol. The van der Waals surface area contributed by atoms with Crippen LogP contribution in [0.1, 0.15) is 23.4 Å². The summed E-state index contributed by atoms with van der Waals surface area (Å²) >= 11 is 0. The van der Waals surface area contributed by atoms with E-state index in [1.165, 1.54) is 0 Å². The van der Waals surface area contributed by atoms with Crippen molar-refractivity contribution in [1.82, 2.24) is 20.3 Å². The summed E-state index contributed by atoms with van der Waals surface area (Å²) in [6.45, 7) is 8.76. The SMILES string of the molecule is Cc1noc(C)c1CN(C)C(=O)CN1CCCNCC1. The Morgan fingerprint density at radius 3 is 2.90 bits per heavy atom. The minimum absolute atomic E-state index is 0.145. The van der Waals surface area contributed by atoms with Crippen molar-refractivity contribution in [3.05, 3.63) is 17.0 Å². The molecule has 0 spiro atoms. The molecule has 2 rings (SSSR count). The van der Waals surface area contributed by atoms with Gasteiger partial charge in [0.2, 0.25) is 5.91 Å². The van der Waals surface area contributed by atoms with E-state index >= 15 is 0 Å². The Bertz CT molecular complexity index is 431. The lowest BCUT2D eigenvalue weighted by atomic mass is 10.2. The number of amides is 1. The predicted octanol–water partition coefficient (Wildman–Crippen LogP) is 0.545. The van der Waals surface area contributed by atoms with E-state index in [0.717, 1.165) is 49.6 Å². The van der Waals surface area contributed by atoms with Crippen LogP contribution < -0.4 is 5.32 Å². The fraction of sp³-hybridized carbons (Fsp3) is 0.714. The van der Waals surface area contributed by atoms with Crippen molar-refractivity contribution >= 4 is 5.91 Å². The van der Waals surface area contributed by atoms with Gasteiger partial charge in [0, 0.05) is 25.7 Å². The Kier molecular flexibility index (Phi) is 5.14. The molecule has 1 aromatic rings. The second kappa shape index (κ2) is 6.85. The number of carbonyl (C=O) groups is 1. The number of aromatic nitrogens is 1. The zero-order valence-corrected chi connectivity index (χ0v) is 12.6. The van der Waals surface area contributed by atoms with Crippen molar-refractivity contribution in [3.8, 4) is 0 Å². The average Bonchev–Trinajstić information content (AvgIpc) is 2.64.